The first-order valence-corrected chi connectivity index (χ1v) is 11.4. The van der Waals surface area contributed by atoms with Gasteiger partial charge in [0.1, 0.15) is 11.5 Å². The summed E-state index contributed by atoms with van der Waals surface area (Å²) in [5, 5.41) is 3.20. The Morgan fingerprint density at radius 2 is 1.71 bits per heavy atom. The van der Waals surface area contributed by atoms with Crippen molar-refractivity contribution >= 4 is 33.7 Å². The van der Waals surface area contributed by atoms with E-state index in [1.165, 1.54) is 0 Å². The minimum absolute atomic E-state index is 0.816. The van der Waals surface area contributed by atoms with Crippen LogP contribution in [0.25, 0.3) is 27.3 Å². The van der Waals surface area contributed by atoms with E-state index in [2.05, 4.69) is 62.3 Å². The predicted octanol–water partition coefficient (Wildman–Crippen LogP) is 4.33. The molecule has 5 aromatic rings. The molecule has 0 unspecified atom stereocenters. The van der Waals surface area contributed by atoms with Gasteiger partial charge in [0.15, 0.2) is 5.82 Å². The van der Waals surface area contributed by atoms with Crippen LogP contribution in [0.5, 0.6) is 0 Å². The smallest absolute Gasteiger partial charge is 0.172 e. The maximum Gasteiger partial charge on any atom is 0.172 e. The maximum absolute atomic E-state index is 5.00. The first-order chi connectivity index (χ1) is 15.3. The number of hydrogen-bond acceptors (Lipinski definition) is 6. The van der Waals surface area contributed by atoms with Crippen molar-refractivity contribution < 1.29 is 0 Å². The van der Waals surface area contributed by atoms with Gasteiger partial charge in [-0.1, -0.05) is 24.3 Å². The lowest BCUT2D eigenvalue weighted by Gasteiger charge is -2.35. The monoisotopic (exact) mass is 426 g/mol. The molecule has 0 bridgehead atoms. The summed E-state index contributed by atoms with van der Waals surface area (Å²) in [6.07, 6.45) is 4.18. The SMILES string of the molecule is c1csc(-c2nc(N3CCN(Cc4cn5ccccc5n4)CC3)c3ccccc3n2)c1. The molecule has 0 spiro atoms. The molecule has 0 atom stereocenters. The Morgan fingerprint density at radius 1 is 0.839 bits per heavy atom. The van der Waals surface area contributed by atoms with Gasteiger partial charge in [-0.15, -0.1) is 11.3 Å². The summed E-state index contributed by atoms with van der Waals surface area (Å²) in [5.74, 6) is 1.86. The summed E-state index contributed by atoms with van der Waals surface area (Å²) in [6, 6.07) is 18.6. The zero-order valence-electron chi connectivity index (χ0n) is 17.1. The largest absolute Gasteiger partial charge is 0.353 e. The number of aromatic nitrogens is 4. The zero-order chi connectivity index (χ0) is 20.6. The highest BCUT2D eigenvalue weighted by molar-refractivity contribution is 7.13. The Hall–Kier alpha value is -3.29. The van der Waals surface area contributed by atoms with Crippen molar-refractivity contribution in [2.45, 2.75) is 6.54 Å². The number of anilines is 1. The van der Waals surface area contributed by atoms with Gasteiger partial charge in [-0.25, -0.2) is 15.0 Å². The molecule has 4 aromatic heterocycles. The van der Waals surface area contributed by atoms with Crippen molar-refractivity contribution in [2.24, 2.45) is 0 Å². The minimum Gasteiger partial charge on any atom is -0.353 e. The molecule has 1 aromatic carbocycles. The molecule has 0 aliphatic carbocycles. The third kappa shape index (κ3) is 3.56. The van der Waals surface area contributed by atoms with Gasteiger partial charge in [0.05, 0.1) is 16.1 Å². The highest BCUT2D eigenvalue weighted by atomic mass is 32.1. The van der Waals surface area contributed by atoms with E-state index < -0.39 is 0 Å². The molecule has 5 heterocycles. The number of hydrogen-bond donors (Lipinski definition) is 0. The number of thiophene rings is 1. The number of imidazole rings is 1. The maximum atomic E-state index is 5.00. The number of benzene rings is 1. The first-order valence-electron chi connectivity index (χ1n) is 10.5. The number of fused-ring (bicyclic) bond motifs is 2. The molecule has 154 valence electrons. The second-order valence-corrected chi connectivity index (χ2v) is 8.77. The summed E-state index contributed by atoms with van der Waals surface area (Å²) in [6.45, 7) is 4.73. The lowest BCUT2D eigenvalue weighted by Crippen LogP contribution is -2.46. The van der Waals surface area contributed by atoms with E-state index in [1.54, 1.807) is 11.3 Å². The third-order valence-corrected chi connectivity index (χ3v) is 6.66. The molecule has 7 heteroatoms. The second-order valence-electron chi connectivity index (χ2n) is 7.83. The number of nitrogens with zero attached hydrogens (tertiary/aromatic N) is 6. The van der Waals surface area contributed by atoms with Crippen molar-refractivity contribution in [3.63, 3.8) is 0 Å². The van der Waals surface area contributed by atoms with E-state index in [-0.39, 0.29) is 0 Å². The Labute approximate surface area is 184 Å². The van der Waals surface area contributed by atoms with Gasteiger partial charge in [0.2, 0.25) is 0 Å². The fourth-order valence-corrected chi connectivity index (χ4v) is 4.88. The second kappa shape index (κ2) is 7.76. The van der Waals surface area contributed by atoms with Gasteiger partial charge in [-0.3, -0.25) is 4.90 Å². The summed E-state index contributed by atoms with van der Waals surface area (Å²) in [4.78, 5) is 20.6. The summed E-state index contributed by atoms with van der Waals surface area (Å²) >= 11 is 1.68. The molecular formula is C24H22N6S. The van der Waals surface area contributed by atoms with E-state index in [0.717, 1.165) is 71.5 Å². The van der Waals surface area contributed by atoms with Crippen LogP contribution in [-0.2, 0) is 6.54 Å². The van der Waals surface area contributed by atoms with Crippen LogP contribution in [-0.4, -0.2) is 50.4 Å². The predicted molar refractivity (Wildman–Crippen MR) is 126 cm³/mol. The molecule has 0 amide bonds. The van der Waals surface area contributed by atoms with E-state index in [9.17, 15) is 0 Å². The summed E-state index contributed by atoms with van der Waals surface area (Å²) in [7, 11) is 0. The lowest BCUT2D eigenvalue weighted by atomic mass is 10.2. The zero-order valence-corrected chi connectivity index (χ0v) is 17.9. The van der Waals surface area contributed by atoms with Crippen LogP contribution < -0.4 is 4.90 Å². The molecule has 1 aliphatic rings. The van der Waals surface area contributed by atoms with E-state index in [1.807, 2.05) is 24.3 Å². The van der Waals surface area contributed by atoms with Crippen LogP contribution in [0.4, 0.5) is 5.82 Å². The number of pyridine rings is 1. The van der Waals surface area contributed by atoms with Crippen LogP contribution in [0.15, 0.2) is 72.4 Å². The Morgan fingerprint density at radius 3 is 2.55 bits per heavy atom. The van der Waals surface area contributed by atoms with Crippen molar-refractivity contribution in [3.05, 3.63) is 78.1 Å². The van der Waals surface area contributed by atoms with Gasteiger partial charge >= 0.3 is 0 Å². The van der Waals surface area contributed by atoms with Crippen molar-refractivity contribution in [1.29, 1.82) is 0 Å². The highest BCUT2D eigenvalue weighted by Crippen LogP contribution is 2.30. The average Bonchev–Trinajstić information content (AvgIpc) is 3.49. The third-order valence-electron chi connectivity index (χ3n) is 5.80. The van der Waals surface area contributed by atoms with Crippen LogP contribution in [0.1, 0.15) is 5.69 Å². The van der Waals surface area contributed by atoms with Gasteiger partial charge in [0, 0.05) is 50.5 Å². The fourth-order valence-electron chi connectivity index (χ4n) is 4.23. The molecule has 0 radical (unpaired) electrons. The van der Waals surface area contributed by atoms with Gasteiger partial charge in [0.25, 0.3) is 0 Å². The van der Waals surface area contributed by atoms with E-state index in [4.69, 9.17) is 15.0 Å². The Balaban J connectivity index is 1.24. The fraction of sp³-hybridized carbons (Fsp3) is 0.208. The molecule has 0 N–H and O–H groups in total. The molecular weight excluding hydrogens is 404 g/mol. The van der Waals surface area contributed by atoms with Crippen LogP contribution in [0, 0.1) is 0 Å². The van der Waals surface area contributed by atoms with Gasteiger partial charge < -0.3 is 9.30 Å². The van der Waals surface area contributed by atoms with Crippen molar-refractivity contribution in [1.82, 2.24) is 24.3 Å². The lowest BCUT2D eigenvalue weighted by molar-refractivity contribution is 0.247. The van der Waals surface area contributed by atoms with Crippen LogP contribution in [0.2, 0.25) is 0 Å². The van der Waals surface area contributed by atoms with E-state index >= 15 is 0 Å². The number of para-hydroxylation sites is 1. The summed E-state index contributed by atoms with van der Waals surface area (Å²) < 4.78 is 2.09. The molecule has 1 saturated heterocycles. The molecule has 31 heavy (non-hydrogen) atoms. The standard InChI is InChI=1S/C24H22N6S/c1-2-7-20-19(6-1)24(27-23(26-20)21-8-5-15-31-21)29-13-11-28(12-14-29)16-18-17-30-10-4-3-9-22(30)25-18/h1-10,15,17H,11-14,16H2. The molecule has 1 aliphatic heterocycles. The molecule has 6 rings (SSSR count). The van der Waals surface area contributed by atoms with Crippen LogP contribution in [0.3, 0.4) is 0 Å². The number of rotatable bonds is 4. The molecule has 0 saturated carbocycles. The topological polar surface area (TPSA) is 49.6 Å². The minimum atomic E-state index is 0.816. The normalized spacial score (nSPS) is 15.2. The van der Waals surface area contributed by atoms with E-state index in [0.29, 0.717) is 0 Å². The number of piperazine rings is 1. The van der Waals surface area contributed by atoms with Crippen molar-refractivity contribution in [3.8, 4) is 10.7 Å². The Bertz CT molecular complexity index is 1300. The molecule has 1 fully saturated rings. The quantitative estimate of drug-likeness (QED) is 0.428. The highest BCUT2D eigenvalue weighted by Gasteiger charge is 2.22. The first kappa shape index (κ1) is 18.5. The Kier molecular flexibility index (Phi) is 4.62. The summed E-state index contributed by atoms with van der Waals surface area (Å²) in [5.41, 5.74) is 3.12. The van der Waals surface area contributed by atoms with Gasteiger partial charge in [-0.05, 0) is 35.7 Å². The van der Waals surface area contributed by atoms with Gasteiger partial charge in [-0.2, -0.15) is 0 Å². The molecule has 6 nitrogen and oxygen atoms in total. The van der Waals surface area contributed by atoms with Crippen LogP contribution >= 0.6 is 11.3 Å². The average molecular weight is 427 g/mol. The van der Waals surface area contributed by atoms with Crippen molar-refractivity contribution in [2.75, 3.05) is 31.1 Å².